The molecule has 0 bridgehead atoms. The molecule has 43 heavy (non-hydrogen) atoms. The van der Waals surface area contributed by atoms with Gasteiger partial charge >= 0.3 is 0 Å². The largest absolute Gasteiger partial charge is 0.378 e. The van der Waals surface area contributed by atoms with Gasteiger partial charge in [0.25, 0.3) is 0 Å². The zero-order valence-electron chi connectivity index (χ0n) is 25.7. The number of fused-ring (bicyclic) bond motifs is 2. The summed E-state index contributed by atoms with van der Waals surface area (Å²) in [4.78, 5) is 36.0. The lowest BCUT2D eigenvalue weighted by Gasteiger charge is -2.37. The second-order valence-corrected chi connectivity index (χ2v) is 15.6. The number of nitrogens with zero attached hydrogens (tertiary/aromatic N) is 4. The highest BCUT2D eigenvalue weighted by atomic mass is 32.2. The number of nitriles is 1. The van der Waals surface area contributed by atoms with Crippen LogP contribution in [0.3, 0.4) is 0 Å². The first kappa shape index (κ1) is 30.5. The van der Waals surface area contributed by atoms with Crippen LogP contribution >= 0.6 is 0 Å². The van der Waals surface area contributed by atoms with Crippen molar-refractivity contribution in [2.75, 3.05) is 25.5 Å². The molecule has 1 aliphatic heterocycles. The van der Waals surface area contributed by atoms with E-state index in [0.717, 1.165) is 16.5 Å². The molecule has 5 rings (SSSR count). The van der Waals surface area contributed by atoms with Crippen LogP contribution in [0.25, 0.3) is 10.8 Å². The third-order valence-electron chi connectivity index (χ3n) is 9.19. The highest BCUT2D eigenvalue weighted by molar-refractivity contribution is 7.92. The molecular formula is C33H39N5O4S. The number of pyridine rings is 1. The number of amides is 2. The van der Waals surface area contributed by atoms with Gasteiger partial charge < -0.3 is 15.1 Å². The number of carbonyl (C=O) groups is 2. The second-order valence-electron chi connectivity index (χ2n) is 13.6. The molecule has 2 amide bonds. The molecule has 0 radical (unpaired) electrons. The Balaban J connectivity index is 1.48. The zero-order chi connectivity index (χ0) is 31.5. The lowest BCUT2D eigenvalue weighted by atomic mass is 9.90. The number of nitrogens with one attached hydrogen (secondary N) is 1. The molecule has 2 heterocycles. The van der Waals surface area contributed by atoms with Gasteiger partial charge in [-0.25, -0.2) is 8.42 Å². The Labute approximate surface area is 253 Å². The Bertz CT molecular complexity index is 1720. The van der Waals surface area contributed by atoms with Gasteiger partial charge in [0.2, 0.25) is 11.8 Å². The maximum atomic E-state index is 14.4. The molecule has 1 saturated heterocycles. The van der Waals surface area contributed by atoms with E-state index in [1.54, 1.807) is 45.3 Å². The van der Waals surface area contributed by atoms with Crippen molar-refractivity contribution in [3.63, 3.8) is 0 Å². The van der Waals surface area contributed by atoms with Crippen LogP contribution in [-0.4, -0.2) is 62.0 Å². The van der Waals surface area contributed by atoms with Crippen molar-refractivity contribution in [2.45, 2.75) is 56.8 Å². The van der Waals surface area contributed by atoms with Crippen molar-refractivity contribution in [1.29, 1.82) is 5.26 Å². The number of benzene rings is 2. The van der Waals surface area contributed by atoms with Crippen LogP contribution in [-0.2, 0) is 19.4 Å². The topological polar surface area (TPSA) is 123 Å². The van der Waals surface area contributed by atoms with Gasteiger partial charge in [-0.3, -0.25) is 14.6 Å². The Morgan fingerprint density at radius 1 is 1.09 bits per heavy atom. The van der Waals surface area contributed by atoms with Gasteiger partial charge in [-0.2, -0.15) is 5.26 Å². The van der Waals surface area contributed by atoms with Gasteiger partial charge in [-0.1, -0.05) is 58.9 Å². The van der Waals surface area contributed by atoms with E-state index >= 15 is 0 Å². The van der Waals surface area contributed by atoms with Gasteiger partial charge in [0, 0.05) is 49.7 Å². The second kappa shape index (κ2) is 10.6. The van der Waals surface area contributed by atoms with Crippen LogP contribution in [0.1, 0.15) is 46.2 Å². The molecule has 1 unspecified atom stereocenters. The number of carbonyl (C=O) groups excluding carboxylic acids is 2. The Hall–Kier alpha value is -3.97. The Kier molecular flexibility index (Phi) is 7.54. The summed E-state index contributed by atoms with van der Waals surface area (Å²) in [7, 11) is -0.385. The van der Waals surface area contributed by atoms with Crippen LogP contribution in [0.2, 0.25) is 0 Å². The average molecular weight is 602 g/mol. The molecule has 9 nitrogen and oxygen atoms in total. The van der Waals surface area contributed by atoms with Gasteiger partial charge in [0.1, 0.15) is 17.3 Å². The highest BCUT2D eigenvalue weighted by Crippen LogP contribution is 2.65. The van der Waals surface area contributed by atoms with Crippen molar-refractivity contribution in [1.82, 2.24) is 15.2 Å². The molecule has 10 heteroatoms. The van der Waals surface area contributed by atoms with E-state index in [9.17, 15) is 23.3 Å². The van der Waals surface area contributed by atoms with Crippen molar-refractivity contribution >= 4 is 38.1 Å². The summed E-state index contributed by atoms with van der Waals surface area (Å²) in [5.74, 6) is -1.15. The quantitative estimate of drug-likeness (QED) is 0.427. The highest BCUT2D eigenvalue weighted by Gasteiger charge is 2.70. The number of sulfone groups is 1. The zero-order valence-corrected chi connectivity index (χ0v) is 26.5. The predicted molar refractivity (Wildman–Crippen MR) is 166 cm³/mol. The van der Waals surface area contributed by atoms with Gasteiger partial charge in [0.05, 0.1) is 11.0 Å². The normalized spacial score (nSPS) is 22.3. The maximum Gasteiger partial charge on any atom is 0.244 e. The fourth-order valence-electron chi connectivity index (χ4n) is 6.78. The van der Waals surface area contributed by atoms with Gasteiger partial charge in [-0.15, -0.1) is 0 Å². The average Bonchev–Trinajstić information content (AvgIpc) is 3.27. The molecule has 226 valence electrons. The molecule has 3 aromatic rings. The summed E-state index contributed by atoms with van der Waals surface area (Å²) in [6, 6.07) is 14.3. The van der Waals surface area contributed by atoms with Crippen molar-refractivity contribution in [2.24, 2.45) is 22.7 Å². The van der Waals surface area contributed by atoms with Gasteiger partial charge in [-0.05, 0) is 52.3 Å². The lowest BCUT2D eigenvalue weighted by Crippen LogP contribution is -2.56. The summed E-state index contributed by atoms with van der Waals surface area (Å²) in [5.41, 5.74) is 0.251. The number of hydrogen-bond acceptors (Lipinski definition) is 7. The van der Waals surface area contributed by atoms with E-state index in [2.05, 4.69) is 30.2 Å². The molecule has 1 aromatic heterocycles. The molecular weight excluding hydrogens is 562 g/mol. The van der Waals surface area contributed by atoms with E-state index in [0.29, 0.717) is 5.56 Å². The summed E-state index contributed by atoms with van der Waals surface area (Å²) in [6.07, 6.45) is 3.27. The summed E-state index contributed by atoms with van der Waals surface area (Å²) >= 11 is 0. The van der Waals surface area contributed by atoms with Gasteiger partial charge in [0.15, 0.2) is 9.84 Å². The van der Waals surface area contributed by atoms with E-state index in [1.165, 1.54) is 17.0 Å². The van der Waals surface area contributed by atoms with E-state index in [1.807, 2.05) is 43.3 Å². The summed E-state index contributed by atoms with van der Waals surface area (Å²) in [5, 5.41) is 13.2. The standard InChI is InChI=1S/C33H39N5O4S/c1-32(2,3)29(43(41,42)22-14-12-21(13-15-22)37(6)7)31(40)38-19-25-27(33(25,4)5)28(38)30(39)36-26(16-34)24-18-35-17-20-10-8-9-11-23(20)24/h8-15,17-18,25-29H,19H2,1-7H3,(H,36,39)/t25-,26?,27-,28-,29+/m0/s1. The molecule has 1 N–H and O–H groups in total. The number of hydrogen-bond donors (Lipinski definition) is 1. The molecule has 2 aliphatic rings. The number of piperidine rings is 1. The maximum absolute atomic E-state index is 14.4. The van der Waals surface area contributed by atoms with E-state index in [-0.39, 0.29) is 28.7 Å². The molecule has 1 saturated carbocycles. The van der Waals surface area contributed by atoms with Crippen LogP contribution in [0.15, 0.2) is 65.8 Å². The number of rotatable bonds is 7. The molecule has 1 aliphatic carbocycles. The third-order valence-corrected chi connectivity index (χ3v) is 11.6. The first-order chi connectivity index (χ1) is 20.1. The predicted octanol–water partition coefficient (Wildman–Crippen LogP) is 4.35. The number of anilines is 1. The van der Waals surface area contributed by atoms with E-state index in [4.69, 9.17) is 0 Å². The minimum Gasteiger partial charge on any atom is -0.378 e. The Morgan fingerprint density at radius 2 is 1.74 bits per heavy atom. The van der Waals surface area contributed by atoms with Crippen LogP contribution < -0.4 is 10.2 Å². The number of likely N-dealkylation sites (tertiary alicyclic amines) is 1. The Morgan fingerprint density at radius 3 is 2.35 bits per heavy atom. The van der Waals surface area contributed by atoms with Crippen LogP contribution in [0.4, 0.5) is 5.69 Å². The monoisotopic (exact) mass is 601 g/mol. The SMILES string of the molecule is CN(C)c1ccc(S(=O)(=O)[C@H](C(=O)N2C[C@H]3[C@@H]([C@H]2C(=O)NC(C#N)c2cncc4ccccc24)C3(C)C)C(C)(C)C)cc1. The lowest BCUT2D eigenvalue weighted by molar-refractivity contribution is -0.141. The van der Waals surface area contributed by atoms with E-state index < -0.39 is 44.4 Å². The molecule has 2 aromatic carbocycles. The van der Waals surface area contributed by atoms with Crippen molar-refractivity contribution < 1.29 is 18.0 Å². The smallest absolute Gasteiger partial charge is 0.244 e. The third kappa shape index (κ3) is 5.24. The molecule has 5 atom stereocenters. The first-order valence-electron chi connectivity index (χ1n) is 14.4. The molecule has 0 spiro atoms. The minimum absolute atomic E-state index is 0.0506. The van der Waals surface area contributed by atoms with Crippen LogP contribution in [0, 0.1) is 34.0 Å². The number of aromatic nitrogens is 1. The van der Waals surface area contributed by atoms with Crippen molar-refractivity contribution in [3.05, 3.63) is 66.5 Å². The fourth-order valence-corrected chi connectivity index (χ4v) is 8.90. The van der Waals surface area contributed by atoms with Crippen molar-refractivity contribution in [3.8, 4) is 6.07 Å². The summed E-state index contributed by atoms with van der Waals surface area (Å²) in [6.45, 7) is 9.60. The van der Waals surface area contributed by atoms with Crippen LogP contribution in [0.5, 0.6) is 0 Å². The fraction of sp³-hybridized carbons (Fsp3) is 0.455. The molecule has 2 fully saturated rings. The first-order valence-corrected chi connectivity index (χ1v) is 16.0. The minimum atomic E-state index is -4.12. The summed E-state index contributed by atoms with van der Waals surface area (Å²) < 4.78 is 28.2.